The molecule has 3 aliphatic heterocycles. The number of aromatic nitrogens is 1. The molecule has 3 fully saturated rings. The van der Waals surface area contributed by atoms with Crippen molar-refractivity contribution in [1.29, 1.82) is 0 Å². The third-order valence-corrected chi connectivity index (χ3v) is 6.02. The van der Waals surface area contributed by atoms with E-state index in [-0.39, 0.29) is 6.10 Å². The van der Waals surface area contributed by atoms with E-state index in [9.17, 15) is 5.11 Å². The highest BCUT2D eigenvalue weighted by molar-refractivity contribution is 5.82. The second kappa shape index (κ2) is 5.64. The molecule has 0 saturated carbocycles. The lowest BCUT2D eigenvalue weighted by molar-refractivity contribution is -0.950. The molecule has 3 saturated heterocycles. The molecule has 0 aliphatic carbocycles. The van der Waals surface area contributed by atoms with Crippen LogP contribution in [0.2, 0.25) is 0 Å². The Morgan fingerprint density at radius 2 is 2.18 bits per heavy atom. The van der Waals surface area contributed by atoms with Crippen molar-refractivity contribution < 1.29 is 10.0 Å². The van der Waals surface area contributed by atoms with Crippen LogP contribution in [-0.2, 0) is 0 Å². The minimum atomic E-state index is -0.372. The van der Waals surface area contributed by atoms with Crippen molar-refractivity contribution in [3.05, 3.63) is 42.1 Å². The van der Waals surface area contributed by atoms with Crippen molar-refractivity contribution in [2.75, 3.05) is 13.1 Å². The maximum Gasteiger partial charge on any atom is 0.131 e. The maximum atomic E-state index is 11.1. The summed E-state index contributed by atoms with van der Waals surface area (Å²) in [6.07, 6.45) is 5.26. The summed E-state index contributed by atoms with van der Waals surface area (Å²) < 4.78 is 0. The molecule has 0 amide bonds. The van der Waals surface area contributed by atoms with Gasteiger partial charge in [0.2, 0.25) is 0 Å². The van der Waals surface area contributed by atoms with Crippen LogP contribution in [0, 0.1) is 11.8 Å². The molecule has 2 bridgehead atoms. The Kier molecular flexibility index (Phi) is 3.63. The van der Waals surface area contributed by atoms with Crippen LogP contribution < -0.4 is 4.90 Å². The number of hydrogen-bond acceptors (Lipinski definition) is 2. The number of pyridine rings is 1. The molecule has 3 heteroatoms. The average molecular weight is 297 g/mol. The van der Waals surface area contributed by atoms with E-state index in [1.807, 2.05) is 30.5 Å². The van der Waals surface area contributed by atoms with Crippen LogP contribution in [0.15, 0.2) is 36.5 Å². The van der Waals surface area contributed by atoms with Gasteiger partial charge in [0.05, 0.1) is 18.6 Å². The zero-order chi connectivity index (χ0) is 15.1. The molecule has 1 aromatic heterocycles. The highest BCUT2D eigenvalue weighted by Crippen LogP contribution is 2.34. The van der Waals surface area contributed by atoms with Crippen molar-refractivity contribution in [3.63, 3.8) is 0 Å². The van der Waals surface area contributed by atoms with Gasteiger partial charge in [0.1, 0.15) is 12.1 Å². The summed E-state index contributed by atoms with van der Waals surface area (Å²) in [7, 11) is 0. The Bertz CT molecular complexity index is 666. The normalized spacial score (nSPS) is 32.3. The van der Waals surface area contributed by atoms with Crippen LogP contribution in [0.4, 0.5) is 0 Å². The number of hydrogen-bond donors (Lipinski definition) is 2. The van der Waals surface area contributed by atoms with Crippen LogP contribution in [0.1, 0.15) is 37.9 Å². The zero-order valence-corrected chi connectivity index (χ0v) is 13.2. The number of piperidine rings is 3. The SMILES string of the molecule is CC[C@@H]1C[NH+]2CC[C@H]1C[C@H]2[C@H](O)c1ccnc2ccccc12. The largest absolute Gasteiger partial charge is 0.382 e. The number of nitrogens with zero attached hydrogens (tertiary/aromatic N) is 1. The predicted octanol–water partition coefficient (Wildman–Crippen LogP) is 1.97. The Labute approximate surface area is 132 Å². The smallest absolute Gasteiger partial charge is 0.131 e. The number of benzene rings is 1. The van der Waals surface area contributed by atoms with Crippen molar-refractivity contribution in [2.45, 2.75) is 38.3 Å². The lowest BCUT2D eigenvalue weighted by atomic mass is 9.72. The fraction of sp³-hybridized carbons (Fsp3) is 0.526. The first-order valence-electron chi connectivity index (χ1n) is 8.64. The summed E-state index contributed by atoms with van der Waals surface area (Å²) in [5.41, 5.74) is 2.04. The third-order valence-electron chi connectivity index (χ3n) is 6.02. The van der Waals surface area contributed by atoms with Crippen LogP contribution in [0.5, 0.6) is 0 Å². The average Bonchev–Trinajstić information content (AvgIpc) is 2.60. The van der Waals surface area contributed by atoms with Crippen molar-refractivity contribution in [2.24, 2.45) is 11.8 Å². The summed E-state index contributed by atoms with van der Waals surface area (Å²) in [6, 6.07) is 10.5. The van der Waals surface area contributed by atoms with E-state index >= 15 is 0 Å². The van der Waals surface area contributed by atoms with Gasteiger partial charge in [-0.15, -0.1) is 0 Å². The van der Waals surface area contributed by atoms with E-state index in [2.05, 4.69) is 18.0 Å². The van der Waals surface area contributed by atoms with Crippen LogP contribution in [0.25, 0.3) is 10.9 Å². The summed E-state index contributed by atoms with van der Waals surface area (Å²) >= 11 is 0. The van der Waals surface area contributed by atoms with Crippen molar-refractivity contribution in [1.82, 2.24) is 4.98 Å². The highest BCUT2D eigenvalue weighted by atomic mass is 16.3. The van der Waals surface area contributed by atoms with E-state index in [1.54, 1.807) is 4.90 Å². The van der Waals surface area contributed by atoms with Gasteiger partial charge in [-0.25, -0.2) is 0 Å². The minimum absolute atomic E-state index is 0.354. The number of quaternary nitrogens is 1. The molecule has 5 rings (SSSR count). The first-order valence-corrected chi connectivity index (χ1v) is 8.64. The molecule has 0 radical (unpaired) electrons. The monoisotopic (exact) mass is 297 g/mol. The van der Waals surface area contributed by atoms with Gasteiger partial charge >= 0.3 is 0 Å². The van der Waals surface area contributed by atoms with E-state index in [1.165, 1.54) is 32.4 Å². The van der Waals surface area contributed by atoms with Gasteiger partial charge in [-0.1, -0.05) is 25.1 Å². The van der Waals surface area contributed by atoms with Crippen LogP contribution >= 0.6 is 0 Å². The quantitative estimate of drug-likeness (QED) is 0.909. The number of nitrogens with one attached hydrogen (secondary N) is 1. The van der Waals surface area contributed by atoms with Crippen LogP contribution in [-0.4, -0.2) is 29.2 Å². The summed E-state index contributed by atoms with van der Waals surface area (Å²) in [5.74, 6) is 1.68. The minimum Gasteiger partial charge on any atom is -0.382 e. The Morgan fingerprint density at radius 3 is 2.95 bits per heavy atom. The van der Waals surface area contributed by atoms with Gasteiger partial charge in [0.25, 0.3) is 0 Å². The van der Waals surface area contributed by atoms with E-state index in [4.69, 9.17) is 0 Å². The van der Waals surface area contributed by atoms with Gasteiger partial charge in [-0.3, -0.25) is 4.98 Å². The lowest BCUT2D eigenvalue weighted by Crippen LogP contribution is -3.20. The van der Waals surface area contributed by atoms with Gasteiger partial charge in [0.15, 0.2) is 0 Å². The maximum absolute atomic E-state index is 11.1. The Balaban J connectivity index is 1.66. The molecule has 2 N–H and O–H groups in total. The highest BCUT2D eigenvalue weighted by Gasteiger charge is 2.46. The third kappa shape index (κ3) is 2.24. The van der Waals surface area contributed by atoms with E-state index in [0.29, 0.717) is 6.04 Å². The predicted molar refractivity (Wildman–Crippen MR) is 87.7 cm³/mol. The van der Waals surface area contributed by atoms with E-state index in [0.717, 1.165) is 28.3 Å². The molecule has 3 aliphatic rings. The first kappa shape index (κ1) is 14.2. The second-order valence-corrected chi connectivity index (χ2v) is 7.03. The van der Waals surface area contributed by atoms with Gasteiger partial charge in [-0.05, 0) is 30.0 Å². The molecule has 116 valence electrons. The molecule has 22 heavy (non-hydrogen) atoms. The zero-order valence-electron chi connectivity index (χ0n) is 13.2. The molecule has 0 spiro atoms. The van der Waals surface area contributed by atoms with Crippen LogP contribution in [0.3, 0.4) is 0 Å². The lowest BCUT2D eigenvalue weighted by Gasteiger charge is -2.48. The standard InChI is InChI=1S/C19H24N2O/c1-2-13-12-21-10-8-14(13)11-18(21)19(22)16-7-9-20-17-6-4-3-5-15(16)17/h3-7,9,13-14,18-19,22H,2,8,10-12H2,1H3/p+1/t13-,14+,18+,19-/m1/s1. The molecule has 4 heterocycles. The topological polar surface area (TPSA) is 37.6 Å². The molecular weight excluding hydrogens is 272 g/mol. The number of para-hydroxylation sites is 1. The Hall–Kier alpha value is -1.45. The summed E-state index contributed by atoms with van der Waals surface area (Å²) in [4.78, 5) is 6.04. The summed E-state index contributed by atoms with van der Waals surface area (Å²) in [6.45, 7) is 4.78. The van der Waals surface area contributed by atoms with Gasteiger partial charge in [0, 0.05) is 30.3 Å². The fourth-order valence-corrected chi connectivity index (χ4v) is 4.77. The van der Waals surface area contributed by atoms with Gasteiger partial charge in [-0.2, -0.15) is 0 Å². The van der Waals surface area contributed by atoms with Gasteiger partial charge < -0.3 is 10.0 Å². The molecule has 1 unspecified atom stereocenters. The number of rotatable bonds is 3. The molecule has 2 aromatic rings. The fourth-order valence-electron chi connectivity index (χ4n) is 4.77. The second-order valence-electron chi connectivity index (χ2n) is 7.03. The Morgan fingerprint density at radius 1 is 1.32 bits per heavy atom. The van der Waals surface area contributed by atoms with Crippen molar-refractivity contribution >= 4 is 10.9 Å². The molecular formula is C19H25N2O+. The first-order chi connectivity index (χ1) is 10.8. The number of fused-ring (bicyclic) bond motifs is 4. The molecule has 1 aromatic carbocycles. The van der Waals surface area contributed by atoms with Crippen molar-refractivity contribution in [3.8, 4) is 0 Å². The molecule has 5 atom stereocenters. The number of aliphatic hydroxyl groups excluding tert-OH is 1. The summed E-state index contributed by atoms with van der Waals surface area (Å²) in [5, 5.41) is 12.2. The van der Waals surface area contributed by atoms with E-state index < -0.39 is 0 Å². The number of aliphatic hydroxyl groups is 1. The molecule has 3 nitrogen and oxygen atoms in total.